The molecule has 0 spiro atoms. The van der Waals surface area contributed by atoms with Crippen molar-refractivity contribution in [3.05, 3.63) is 28.8 Å². The van der Waals surface area contributed by atoms with Crippen molar-refractivity contribution in [1.29, 1.82) is 0 Å². The van der Waals surface area contributed by atoms with Crippen molar-refractivity contribution in [2.75, 3.05) is 19.7 Å². The lowest BCUT2D eigenvalue weighted by atomic mass is 10.1. The fourth-order valence-electron chi connectivity index (χ4n) is 1.89. The van der Waals surface area contributed by atoms with Crippen molar-refractivity contribution in [3.63, 3.8) is 0 Å². The minimum atomic E-state index is -0.754. The maximum atomic E-state index is 10.3. The maximum absolute atomic E-state index is 10.3. The van der Waals surface area contributed by atoms with Crippen molar-refractivity contribution in [3.8, 4) is 5.75 Å². The van der Waals surface area contributed by atoms with Gasteiger partial charge in [-0.2, -0.15) is 0 Å². The lowest BCUT2D eigenvalue weighted by molar-refractivity contribution is 0.155. The lowest BCUT2D eigenvalue weighted by Crippen LogP contribution is -2.33. The average Bonchev–Trinajstić information content (AvgIpc) is 2.70. The van der Waals surface area contributed by atoms with Crippen molar-refractivity contribution < 1.29 is 14.3 Å². The molecule has 1 atom stereocenters. The van der Waals surface area contributed by atoms with Gasteiger partial charge in [0.1, 0.15) is 18.5 Å². The van der Waals surface area contributed by atoms with Gasteiger partial charge in [0.2, 0.25) is 0 Å². The van der Waals surface area contributed by atoms with Crippen LogP contribution in [0.4, 0.5) is 4.79 Å². The van der Waals surface area contributed by atoms with Gasteiger partial charge in [-0.3, -0.25) is 0 Å². The molecule has 1 unspecified atom stereocenters. The van der Waals surface area contributed by atoms with E-state index < -0.39 is 6.09 Å². The molecule has 0 aliphatic carbocycles. The van der Waals surface area contributed by atoms with Gasteiger partial charge in [0.15, 0.2) is 0 Å². The summed E-state index contributed by atoms with van der Waals surface area (Å²) in [6.07, 6.45) is 0.169. The second-order valence-electron chi connectivity index (χ2n) is 4.07. The summed E-state index contributed by atoms with van der Waals surface area (Å²) in [4.78, 5) is 10.3. The van der Waals surface area contributed by atoms with Crippen molar-refractivity contribution >= 4 is 17.7 Å². The fraction of sp³-hybridized carbons (Fsp3) is 0.417. The van der Waals surface area contributed by atoms with Crippen LogP contribution in [0, 0.1) is 0 Å². The summed E-state index contributed by atoms with van der Waals surface area (Å²) in [6.45, 7) is 1.51. The molecule has 0 saturated heterocycles. The molecule has 1 aliphatic rings. The van der Waals surface area contributed by atoms with Crippen LogP contribution in [0.5, 0.6) is 5.75 Å². The minimum absolute atomic E-state index is 0.0899. The van der Waals surface area contributed by atoms with E-state index in [1.165, 1.54) is 0 Å². The van der Waals surface area contributed by atoms with E-state index in [2.05, 4.69) is 10.1 Å². The van der Waals surface area contributed by atoms with Crippen molar-refractivity contribution in [2.24, 2.45) is 5.73 Å². The van der Waals surface area contributed by atoms with Gasteiger partial charge in [-0.25, -0.2) is 4.79 Å². The topological polar surface area (TPSA) is 73.6 Å². The van der Waals surface area contributed by atoms with Crippen LogP contribution < -0.4 is 15.8 Å². The number of carbonyl (C=O) groups is 1. The van der Waals surface area contributed by atoms with Crippen LogP contribution in [0.1, 0.15) is 5.56 Å². The number of fused-ring (bicyclic) bond motifs is 1. The first-order valence-corrected chi connectivity index (χ1v) is 6.11. The molecular weight excluding hydrogens is 256 g/mol. The van der Waals surface area contributed by atoms with Crippen molar-refractivity contribution in [2.45, 2.75) is 12.5 Å². The van der Waals surface area contributed by atoms with Crippen molar-refractivity contribution in [1.82, 2.24) is 5.32 Å². The summed E-state index contributed by atoms with van der Waals surface area (Å²) in [6, 6.07) is 5.62. The van der Waals surface area contributed by atoms with Crippen LogP contribution in [-0.2, 0) is 11.2 Å². The number of hydrogen-bond donors (Lipinski definition) is 2. The average molecular weight is 271 g/mol. The summed E-state index contributed by atoms with van der Waals surface area (Å²) < 4.78 is 10.3. The zero-order chi connectivity index (χ0) is 13.0. The molecule has 0 radical (unpaired) electrons. The molecule has 1 amide bonds. The third-order valence-electron chi connectivity index (χ3n) is 2.66. The molecule has 3 N–H and O–H groups in total. The Labute approximate surface area is 110 Å². The van der Waals surface area contributed by atoms with Gasteiger partial charge < -0.3 is 20.5 Å². The van der Waals surface area contributed by atoms with Crippen LogP contribution in [0.3, 0.4) is 0 Å². The zero-order valence-corrected chi connectivity index (χ0v) is 10.6. The quantitative estimate of drug-likeness (QED) is 0.792. The Morgan fingerprint density at radius 1 is 1.61 bits per heavy atom. The van der Waals surface area contributed by atoms with E-state index in [-0.39, 0.29) is 12.7 Å². The predicted molar refractivity (Wildman–Crippen MR) is 68.0 cm³/mol. The van der Waals surface area contributed by atoms with Gasteiger partial charge in [0.25, 0.3) is 0 Å². The van der Waals surface area contributed by atoms with Gasteiger partial charge in [-0.15, -0.1) is 0 Å². The summed E-state index contributed by atoms with van der Waals surface area (Å²) in [7, 11) is 0. The number of hydrogen-bond acceptors (Lipinski definition) is 4. The molecule has 1 aromatic rings. The molecular formula is C12H15ClN2O3. The molecule has 0 aromatic heterocycles. The van der Waals surface area contributed by atoms with Gasteiger partial charge in [-0.1, -0.05) is 11.6 Å². The Morgan fingerprint density at radius 2 is 2.44 bits per heavy atom. The van der Waals surface area contributed by atoms with E-state index in [1.54, 1.807) is 0 Å². The number of primary amides is 1. The van der Waals surface area contributed by atoms with E-state index in [0.717, 1.165) is 22.8 Å². The molecule has 0 bridgehead atoms. The number of nitrogens with two attached hydrogens (primary N) is 1. The highest BCUT2D eigenvalue weighted by Gasteiger charge is 2.22. The fourth-order valence-corrected chi connectivity index (χ4v) is 2.08. The Hall–Kier alpha value is -1.46. The maximum Gasteiger partial charge on any atom is 0.404 e. The van der Waals surface area contributed by atoms with Gasteiger partial charge >= 0.3 is 6.09 Å². The molecule has 98 valence electrons. The van der Waals surface area contributed by atoms with Gasteiger partial charge in [0.05, 0.1) is 0 Å². The molecule has 1 heterocycles. The highest BCUT2D eigenvalue weighted by molar-refractivity contribution is 6.30. The second kappa shape index (κ2) is 5.93. The number of benzene rings is 1. The molecule has 1 aromatic carbocycles. The van der Waals surface area contributed by atoms with Crippen LogP contribution in [0.15, 0.2) is 18.2 Å². The largest absolute Gasteiger partial charge is 0.488 e. The highest BCUT2D eigenvalue weighted by atomic mass is 35.5. The van der Waals surface area contributed by atoms with E-state index in [4.69, 9.17) is 22.1 Å². The van der Waals surface area contributed by atoms with E-state index >= 15 is 0 Å². The minimum Gasteiger partial charge on any atom is -0.488 e. The van der Waals surface area contributed by atoms with E-state index in [1.807, 2.05) is 18.2 Å². The molecule has 2 rings (SSSR count). The normalized spacial score (nSPS) is 17.1. The summed E-state index contributed by atoms with van der Waals surface area (Å²) in [5.41, 5.74) is 5.97. The van der Waals surface area contributed by atoms with Gasteiger partial charge in [-0.05, 0) is 23.8 Å². The number of ether oxygens (including phenoxy) is 2. The molecule has 0 fully saturated rings. The molecule has 6 heteroatoms. The summed E-state index contributed by atoms with van der Waals surface area (Å²) >= 11 is 5.91. The van der Waals surface area contributed by atoms with Crippen LogP contribution >= 0.6 is 11.6 Å². The third kappa shape index (κ3) is 3.51. The van der Waals surface area contributed by atoms with E-state index in [0.29, 0.717) is 13.1 Å². The Balaban J connectivity index is 1.70. The van der Waals surface area contributed by atoms with Crippen LogP contribution in [0.25, 0.3) is 0 Å². The monoisotopic (exact) mass is 270 g/mol. The standard InChI is InChI=1S/C12H15ClN2O3/c13-9-1-2-11-8(5-9)6-10(18-11)7-15-3-4-17-12(14)16/h1-2,5,10,15H,3-4,6-7H2,(H2,14,16). The van der Waals surface area contributed by atoms with Crippen LogP contribution in [-0.4, -0.2) is 31.9 Å². The Morgan fingerprint density at radius 3 is 3.22 bits per heavy atom. The Kier molecular flexibility index (Phi) is 4.28. The SMILES string of the molecule is NC(=O)OCCNCC1Cc2cc(Cl)ccc2O1. The number of carbonyl (C=O) groups excluding carboxylic acids is 1. The molecule has 1 aliphatic heterocycles. The summed E-state index contributed by atoms with van der Waals surface area (Å²) in [5.74, 6) is 0.889. The first-order chi connectivity index (χ1) is 8.65. The van der Waals surface area contributed by atoms with Crippen LogP contribution in [0.2, 0.25) is 5.02 Å². The summed E-state index contributed by atoms with van der Waals surface area (Å²) in [5, 5.41) is 3.86. The number of nitrogens with one attached hydrogen (secondary N) is 1. The van der Waals surface area contributed by atoms with Gasteiger partial charge in [0, 0.05) is 24.5 Å². The molecule has 18 heavy (non-hydrogen) atoms. The number of halogens is 1. The first-order valence-electron chi connectivity index (χ1n) is 5.73. The smallest absolute Gasteiger partial charge is 0.404 e. The highest BCUT2D eigenvalue weighted by Crippen LogP contribution is 2.30. The second-order valence-corrected chi connectivity index (χ2v) is 4.50. The molecule has 5 nitrogen and oxygen atoms in total. The zero-order valence-electron chi connectivity index (χ0n) is 9.82. The first kappa shape index (κ1) is 13.0. The third-order valence-corrected chi connectivity index (χ3v) is 2.89. The molecule has 0 saturated carbocycles. The predicted octanol–water partition coefficient (Wildman–Crippen LogP) is 1.33. The number of amides is 1. The lowest BCUT2D eigenvalue weighted by Gasteiger charge is -2.11. The van der Waals surface area contributed by atoms with E-state index in [9.17, 15) is 4.79 Å². The Bertz CT molecular complexity index is 439. The number of rotatable bonds is 5.